The Hall–Kier alpha value is -0.770. The first-order chi connectivity index (χ1) is 8.66. The van der Waals surface area contributed by atoms with Crippen LogP contribution in [0.4, 0.5) is 0 Å². The Kier molecular flexibility index (Phi) is 4.87. The fraction of sp³-hybridized carbons (Fsp3) is 0.462. The first-order valence-corrected chi connectivity index (χ1v) is 6.88. The van der Waals surface area contributed by atoms with Crippen LogP contribution in [0.15, 0.2) is 30.3 Å². The summed E-state index contributed by atoms with van der Waals surface area (Å²) in [5, 5.41) is 3.41. The lowest BCUT2D eigenvalue weighted by molar-refractivity contribution is -0.130. The molecule has 1 N–H and O–H groups in total. The topological polar surface area (TPSA) is 32.3 Å². The molecule has 0 aromatic heterocycles. The molecule has 1 saturated heterocycles. The second-order valence-corrected chi connectivity index (χ2v) is 5.52. The zero-order valence-electron chi connectivity index (χ0n) is 9.98. The lowest BCUT2D eigenvalue weighted by atomic mass is 10.0. The van der Waals surface area contributed by atoms with E-state index in [2.05, 4.69) is 17.4 Å². The third kappa shape index (κ3) is 3.61. The summed E-state index contributed by atoms with van der Waals surface area (Å²) in [6.45, 7) is 2.10. The van der Waals surface area contributed by atoms with Gasteiger partial charge in [-0.2, -0.15) is 0 Å². The van der Waals surface area contributed by atoms with E-state index in [0.717, 1.165) is 13.0 Å². The Balaban J connectivity index is 1.93. The van der Waals surface area contributed by atoms with E-state index in [1.54, 1.807) is 4.90 Å². The molecular weight excluding hydrogens is 271 g/mol. The van der Waals surface area contributed by atoms with Crippen LogP contribution < -0.4 is 5.32 Å². The van der Waals surface area contributed by atoms with Crippen LogP contribution >= 0.6 is 23.2 Å². The van der Waals surface area contributed by atoms with Crippen molar-refractivity contribution in [1.82, 2.24) is 10.2 Å². The average molecular weight is 287 g/mol. The molecule has 1 amide bonds. The van der Waals surface area contributed by atoms with Crippen LogP contribution in [-0.4, -0.2) is 41.3 Å². The molecule has 1 aromatic rings. The maximum Gasteiger partial charge on any atom is 0.255 e. The Bertz CT molecular complexity index is 397. The van der Waals surface area contributed by atoms with E-state index < -0.39 is 4.84 Å². The number of hydrogen-bond acceptors (Lipinski definition) is 2. The Morgan fingerprint density at radius 2 is 2.11 bits per heavy atom. The monoisotopic (exact) mass is 286 g/mol. The van der Waals surface area contributed by atoms with E-state index in [1.807, 2.05) is 18.2 Å². The molecule has 0 spiro atoms. The van der Waals surface area contributed by atoms with Crippen molar-refractivity contribution in [2.24, 2.45) is 0 Å². The molecule has 1 unspecified atom stereocenters. The summed E-state index contributed by atoms with van der Waals surface area (Å²) in [6, 6.07) is 10.5. The Morgan fingerprint density at radius 1 is 1.39 bits per heavy atom. The van der Waals surface area contributed by atoms with Crippen LogP contribution in [0.3, 0.4) is 0 Å². The number of amides is 1. The number of hydrogen-bond donors (Lipinski definition) is 1. The van der Waals surface area contributed by atoms with Crippen LogP contribution in [0.1, 0.15) is 5.56 Å². The highest BCUT2D eigenvalue weighted by molar-refractivity contribution is 6.53. The van der Waals surface area contributed by atoms with Gasteiger partial charge in [-0.3, -0.25) is 4.79 Å². The van der Waals surface area contributed by atoms with Gasteiger partial charge < -0.3 is 10.2 Å². The second kappa shape index (κ2) is 6.41. The lowest BCUT2D eigenvalue weighted by Crippen LogP contribution is -2.54. The number of carbonyl (C=O) groups is 1. The summed E-state index contributed by atoms with van der Waals surface area (Å²) in [6.07, 6.45) is 0.903. The molecule has 0 saturated carbocycles. The largest absolute Gasteiger partial charge is 0.337 e. The first kappa shape index (κ1) is 13.7. The van der Waals surface area contributed by atoms with Gasteiger partial charge in [0.2, 0.25) is 0 Å². The second-order valence-electron chi connectivity index (χ2n) is 4.43. The van der Waals surface area contributed by atoms with E-state index >= 15 is 0 Å². The van der Waals surface area contributed by atoms with Crippen molar-refractivity contribution in [3.8, 4) is 0 Å². The SMILES string of the molecule is O=C(C(Cl)Cl)N1CCNC(Cc2ccccc2)C1. The van der Waals surface area contributed by atoms with Crippen LogP contribution in [0.25, 0.3) is 0 Å². The van der Waals surface area contributed by atoms with Gasteiger partial charge in [-0.15, -0.1) is 0 Å². The third-order valence-electron chi connectivity index (χ3n) is 3.08. The molecule has 1 atom stereocenters. The van der Waals surface area contributed by atoms with Gasteiger partial charge in [0.25, 0.3) is 5.91 Å². The average Bonchev–Trinajstić information content (AvgIpc) is 2.39. The minimum Gasteiger partial charge on any atom is -0.337 e. The summed E-state index contributed by atoms with van der Waals surface area (Å²) >= 11 is 11.2. The number of alkyl halides is 2. The number of benzene rings is 1. The van der Waals surface area contributed by atoms with E-state index in [4.69, 9.17) is 23.2 Å². The van der Waals surface area contributed by atoms with Gasteiger partial charge in [-0.05, 0) is 12.0 Å². The van der Waals surface area contributed by atoms with Crippen LogP contribution in [0, 0.1) is 0 Å². The van der Waals surface area contributed by atoms with Gasteiger partial charge in [0, 0.05) is 25.7 Å². The fourth-order valence-electron chi connectivity index (χ4n) is 2.20. The molecule has 5 heteroatoms. The van der Waals surface area contributed by atoms with E-state index in [9.17, 15) is 4.79 Å². The fourth-order valence-corrected chi connectivity index (χ4v) is 2.48. The van der Waals surface area contributed by atoms with Gasteiger partial charge in [0.15, 0.2) is 4.84 Å². The maximum absolute atomic E-state index is 11.7. The van der Waals surface area contributed by atoms with Gasteiger partial charge in [-0.25, -0.2) is 0 Å². The van der Waals surface area contributed by atoms with E-state index in [1.165, 1.54) is 5.56 Å². The smallest absolute Gasteiger partial charge is 0.255 e. The molecule has 1 aromatic carbocycles. The van der Waals surface area contributed by atoms with Crippen LogP contribution in [-0.2, 0) is 11.2 Å². The number of nitrogens with one attached hydrogen (secondary N) is 1. The zero-order valence-corrected chi connectivity index (χ0v) is 11.5. The predicted molar refractivity (Wildman–Crippen MR) is 74.0 cm³/mol. The normalized spacial score (nSPS) is 20.2. The standard InChI is InChI=1S/C13H16Cl2N2O/c14-12(15)13(18)17-7-6-16-11(9-17)8-10-4-2-1-3-5-10/h1-5,11-12,16H,6-9H2. The molecular formula is C13H16Cl2N2O. The van der Waals surface area contributed by atoms with Crippen LogP contribution in [0.2, 0.25) is 0 Å². The highest BCUT2D eigenvalue weighted by Crippen LogP contribution is 2.12. The molecule has 1 heterocycles. The minimum atomic E-state index is -0.958. The number of rotatable bonds is 3. The third-order valence-corrected chi connectivity index (χ3v) is 3.45. The molecule has 98 valence electrons. The number of carbonyl (C=O) groups excluding carboxylic acids is 1. The molecule has 1 aliphatic rings. The number of halogens is 2. The molecule has 0 aliphatic carbocycles. The van der Waals surface area contributed by atoms with Gasteiger partial charge in [0.1, 0.15) is 0 Å². The summed E-state index contributed by atoms with van der Waals surface area (Å²) in [7, 11) is 0. The Morgan fingerprint density at radius 3 is 2.78 bits per heavy atom. The predicted octanol–water partition coefficient (Wildman–Crippen LogP) is 1.83. The van der Waals surface area contributed by atoms with Crippen molar-refractivity contribution in [1.29, 1.82) is 0 Å². The van der Waals surface area contributed by atoms with Crippen LogP contribution in [0.5, 0.6) is 0 Å². The lowest BCUT2D eigenvalue weighted by Gasteiger charge is -2.34. The van der Waals surface area contributed by atoms with Crippen molar-refractivity contribution in [3.63, 3.8) is 0 Å². The molecule has 3 nitrogen and oxygen atoms in total. The minimum absolute atomic E-state index is 0.196. The highest BCUT2D eigenvalue weighted by atomic mass is 35.5. The quantitative estimate of drug-likeness (QED) is 0.860. The highest BCUT2D eigenvalue weighted by Gasteiger charge is 2.26. The van der Waals surface area contributed by atoms with Crippen molar-refractivity contribution in [2.45, 2.75) is 17.3 Å². The van der Waals surface area contributed by atoms with E-state index in [0.29, 0.717) is 13.1 Å². The number of piperazine rings is 1. The summed E-state index contributed by atoms with van der Waals surface area (Å²) in [4.78, 5) is 12.5. The van der Waals surface area contributed by atoms with Gasteiger partial charge >= 0.3 is 0 Å². The molecule has 0 bridgehead atoms. The first-order valence-electron chi connectivity index (χ1n) is 6.01. The van der Waals surface area contributed by atoms with Crippen molar-refractivity contribution < 1.29 is 4.79 Å². The molecule has 18 heavy (non-hydrogen) atoms. The molecule has 1 fully saturated rings. The van der Waals surface area contributed by atoms with Crippen molar-refractivity contribution in [2.75, 3.05) is 19.6 Å². The van der Waals surface area contributed by atoms with Gasteiger partial charge in [-0.1, -0.05) is 53.5 Å². The molecule has 2 rings (SSSR count). The van der Waals surface area contributed by atoms with Crippen molar-refractivity contribution in [3.05, 3.63) is 35.9 Å². The molecule has 1 aliphatic heterocycles. The van der Waals surface area contributed by atoms with Gasteiger partial charge in [0.05, 0.1) is 0 Å². The van der Waals surface area contributed by atoms with E-state index in [-0.39, 0.29) is 11.9 Å². The summed E-state index contributed by atoms with van der Waals surface area (Å²) in [5.74, 6) is -0.196. The zero-order chi connectivity index (χ0) is 13.0. The Labute approximate surface area is 117 Å². The summed E-state index contributed by atoms with van der Waals surface area (Å²) < 4.78 is 0. The van der Waals surface area contributed by atoms with Crippen molar-refractivity contribution >= 4 is 29.1 Å². The number of nitrogens with zero attached hydrogens (tertiary/aromatic N) is 1. The maximum atomic E-state index is 11.7. The molecule has 0 radical (unpaired) electrons. The summed E-state index contributed by atoms with van der Waals surface area (Å²) in [5.41, 5.74) is 1.26.